The molecule has 5 N–H and O–H groups in total. The molecule has 9 nitrogen and oxygen atoms in total. The Labute approximate surface area is 218 Å². The molecule has 0 aliphatic carbocycles. The SMILES string of the molecule is C[SH](O)(Cc1cc(N)cc(OCCCCCNc2cc(-c3nc(Cl)ncc3F)ccc2F)c1)=NC(=O)O. The van der Waals surface area contributed by atoms with E-state index in [4.69, 9.17) is 27.2 Å². The van der Waals surface area contributed by atoms with Gasteiger partial charge in [0, 0.05) is 29.6 Å². The fourth-order valence-electron chi connectivity index (χ4n) is 3.60. The van der Waals surface area contributed by atoms with Crippen molar-refractivity contribution in [3.63, 3.8) is 0 Å². The van der Waals surface area contributed by atoms with Crippen molar-refractivity contribution >= 4 is 39.2 Å². The van der Waals surface area contributed by atoms with Gasteiger partial charge in [-0.1, -0.05) is 10.1 Å². The number of ether oxygens (including phenoxy) is 1. The van der Waals surface area contributed by atoms with Crippen LogP contribution in [-0.2, 0) is 15.9 Å². The normalized spacial score (nSPS) is 11.7. The molecule has 0 radical (unpaired) electrons. The number of unbranched alkanes of at least 4 members (excludes halogenated alkanes) is 2. The van der Waals surface area contributed by atoms with Gasteiger partial charge in [-0.2, -0.15) is 4.36 Å². The Kier molecular flexibility index (Phi) is 9.73. The van der Waals surface area contributed by atoms with Crippen LogP contribution in [0.1, 0.15) is 24.8 Å². The minimum Gasteiger partial charge on any atom is -0.494 e. The summed E-state index contributed by atoms with van der Waals surface area (Å²) in [6.45, 7) is 0.896. The molecule has 13 heteroatoms. The molecule has 0 unspecified atom stereocenters. The number of aromatic nitrogens is 2. The summed E-state index contributed by atoms with van der Waals surface area (Å²) >= 11 is 5.75. The first-order chi connectivity index (χ1) is 17.5. The van der Waals surface area contributed by atoms with Crippen LogP contribution in [0.4, 0.5) is 25.0 Å². The lowest BCUT2D eigenvalue weighted by Crippen LogP contribution is -2.13. The van der Waals surface area contributed by atoms with E-state index < -0.39 is 27.8 Å². The van der Waals surface area contributed by atoms with Crippen LogP contribution in [0.15, 0.2) is 47.0 Å². The number of nitrogen functional groups attached to an aromatic ring is 1. The van der Waals surface area contributed by atoms with Gasteiger partial charge in [0.1, 0.15) is 17.3 Å². The molecular weight excluding hydrogens is 528 g/mol. The zero-order chi connectivity index (χ0) is 27.0. The zero-order valence-electron chi connectivity index (χ0n) is 20.0. The Hall–Kier alpha value is -3.35. The predicted octanol–water partition coefficient (Wildman–Crippen LogP) is 5.67. The zero-order valence-corrected chi connectivity index (χ0v) is 21.6. The first kappa shape index (κ1) is 28.2. The number of nitrogens with zero attached hydrogens (tertiary/aromatic N) is 3. The molecule has 1 heterocycles. The highest BCUT2D eigenvalue weighted by atomic mass is 35.5. The molecule has 3 rings (SSSR count). The van der Waals surface area contributed by atoms with E-state index in [9.17, 15) is 18.1 Å². The second kappa shape index (κ2) is 12.7. The average Bonchev–Trinajstić information content (AvgIpc) is 2.79. The monoisotopic (exact) mass is 555 g/mol. The number of nitrogens with one attached hydrogen (secondary N) is 1. The molecule has 0 fully saturated rings. The number of carboxylic acid groups (broad SMARTS) is 1. The number of hydrogen-bond donors (Lipinski definition) is 5. The number of hydrogen-bond acceptors (Lipinski definition) is 6. The van der Waals surface area contributed by atoms with Gasteiger partial charge < -0.3 is 25.4 Å². The molecule has 0 spiro atoms. The molecule has 200 valence electrons. The Morgan fingerprint density at radius 3 is 2.73 bits per heavy atom. The van der Waals surface area contributed by atoms with Crippen molar-refractivity contribution in [2.45, 2.75) is 25.0 Å². The molecule has 0 aliphatic heterocycles. The summed E-state index contributed by atoms with van der Waals surface area (Å²) in [6.07, 6.45) is 3.20. The summed E-state index contributed by atoms with van der Waals surface area (Å²) in [4.78, 5) is 18.2. The number of halogens is 3. The van der Waals surface area contributed by atoms with Gasteiger partial charge in [0.2, 0.25) is 5.28 Å². The molecule has 0 saturated carbocycles. The first-order valence-corrected chi connectivity index (χ1v) is 14.0. The van der Waals surface area contributed by atoms with Gasteiger partial charge in [-0.25, -0.2) is 23.5 Å². The fourth-order valence-corrected chi connectivity index (χ4v) is 5.05. The summed E-state index contributed by atoms with van der Waals surface area (Å²) in [5.74, 6) is -0.542. The van der Waals surface area contributed by atoms with Crippen molar-refractivity contribution < 1.29 is 28.0 Å². The lowest BCUT2D eigenvalue weighted by molar-refractivity contribution is 0.206. The van der Waals surface area contributed by atoms with E-state index in [1.165, 1.54) is 24.5 Å². The highest BCUT2D eigenvalue weighted by Gasteiger charge is 2.12. The Balaban J connectivity index is 1.46. The molecule has 0 saturated heterocycles. The van der Waals surface area contributed by atoms with E-state index in [1.807, 2.05) is 0 Å². The topological polar surface area (TPSA) is 143 Å². The maximum atomic E-state index is 14.2. The van der Waals surface area contributed by atoms with Gasteiger partial charge >= 0.3 is 6.09 Å². The molecule has 0 aliphatic rings. The second-order valence-electron chi connectivity index (χ2n) is 8.41. The van der Waals surface area contributed by atoms with Gasteiger partial charge in [0.15, 0.2) is 5.82 Å². The van der Waals surface area contributed by atoms with E-state index in [2.05, 4.69) is 19.6 Å². The van der Waals surface area contributed by atoms with E-state index in [1.54, 1.807) is 18.2 Å². The minimum atomic E-state index is -3.01. The van der Waals surface area contributed by atoms with Crippen LogP contribution in [0, 0.1) is 11.6 Å². The number of anilines is 2. The standard InChI is InChI=1S/C24H28ClF2N5O4S/c1-37(35,32-24(33)34)14-15-9-17(28)12-18(10-15)36-8-4-2-3-7-29-21-11-16(5-6-19(21)26)22-20(27)13-30-23(25)31-22/h5-6,9-13,29,37H,2-4,7-8,14,28H2,1H3,(H,32,35)(H,33,34). The van der Waals surface area contributed by atoms with Gasteiger partial charge in [0.25, 0.3) is 0 Å². The molecule has 37 heavy (non-hydrogen) atoms. The quantitative estimate of drug-likeness (QED) is 0.0881. The summed E-state index contributed by atoms with van der Waals surface area (Å²) in [6, 6.07) is 9.12. The molecule has 1 aromatic heterocycles. The molecule has 0 bridgehead atoms. The maximum Gasteiger partial charge on any atom is 0.437 e. The third kappa shape index (κ3) is 8.92. The molecule has 3 aromatic rings. The summed E-state index contributed by atoms with van der Waals surface area (Å²) in [5, 5.41) is 11.7. The first-order valence-electron chi connectivity index (χ1n) is 11.3. The van der Waals surface area contributed by atoms with E-state index >= 15 is 0 Å². The Bertz CT molecular complexity index is 1320. The number of rotatable bonds is 11. The second-order valence-corrected chi connectivity index (χ2v) is 11.4. The third-order valence-electron chi connectivity index (χ3n) is 5.13. The maximum absolute atomic E-state index is 14.2. The smallest absolute Gasteiger partial charge is 0.437 e. The highest BCUT2D eigenvalue weighted by Crippen LogP contribution is 2.26. The van der Waals surface area contributed by atoms with Crippen LogP contribution < -0.4 is 15.8 Å². The lowest BCUT2D eigenvalue weighted by atomic mass is 10.1. The summed E-state index contributed by atoms with van der Waals surface area (Å²) < 4.78 is 47.6. The largest absolute Gasteiger partial charge is 0.494 e. The van der Waals surface area contributed by atoms with E-state index in [0.717, 1.165) is 25.5 Å². The van der Waals surface area contributed by atoms with Crippen molar-refractivity contribution in [1.29, 1.82) is 0 Å². The molecule has 2 aromatic carbocycles. The molecule has 1 amide bonds. The van der Waals surface area contributed by atoms with E-state index in [0.29, 0.717) is 35.7 Å². The van der Waals surface area contributed by atoms with Crippen LogP contribution >= 0.6 is 11.6 Å². The Morgan fingerprint density at radius 2 is 1.97 bits per heavy atom. The number of thiol groups is 1. The van der Waals surface area contributed by atoms with E-state index in [-0.39, 0.29) is 22.4 Å². The van der Waals surface area contributed by atoms with Crippen molar-refractivity contribution in [2.24, 2.45) is 4.36 Å². The fraction of sp³-hybridized carbons (Fsp3) is 0.292. The number of benzene rings is 2. The van der Waals surface area contributed by atoms with Crippen molar-refractivity contribution in [2.75, 3.05) is 30.5 Å². The predicted molar refractivity (Wildman–Crippen MR) is 143 cm³/mol. The number of carbonyl (C=O) groups is 1. The van der Waals surface area contributed by atoms with Crippen LogP contribution in [-0.4, -0.2) is 45.1 Å². The van der Waals surface area contributed by atoms with Crippen LogP contribution in [0.3, 0.4) is 0 Å². The molecule has 0 atom stereocenters. The number of amides is 1. The van der Waals surface area contributed by atoms with Gasteiger partial charge in [-0.3, -0.25) is 0 Å². The summed E-state index contributed by atoms with van der Waals surface area (Å²) in [5.41, 5.74) is 7.57. The lowest BCUT2D eigenvalue weighted by Gasteiger charge is -2.18. The van der Waals surface area contributed by atoms with Crippen molar-refractivity contribution in [3.05, 3.63) is 65.1 Å². The minimum absolute atomic E-state index is 0.00771. The van der Waals surface area contributed by atoms with Crippen molar-refractivity contribution in [1.82, 2.24) is 9.97 Å². The summed E-state index contributed by atoms with van der Waals surface area (Å²) in [7, 11) is -3.01. The number of nitrogens with two attached hydrogens (primary N) is 1. The molecular formula is C24H28ClF2N5O4S. The van der Waals surface area contributed by atoms with Crippen LogP contribution in [0.5, 0.6) is 5.75 Å². The van der Waals surface area contributed by atoms with Gasteiger partial charge in [-0.05, 0) is 73.0 Å². The average molecular weight is 556 g/mol. The highest BCUT2D eigenvalue weighted by molar-refractivity contribution is 7.98. The van der Waals surface area contributed by atoms with Gasteiger partial charge in [-0.15, -0.1) is 0 Å². The Morgan fingerprint density at radius 1 is 1.19 bits per heavy atom. The third-order valence-corrected chi connectivity index (χ3v) is 6.88. The van der Waals surface area contributed by atoms with Crippen molar-refractivity contribution in [3.8, 4) is 17.0 Å². The van der Waals surface area contributed by atoms with Crippen LogP contribution in [0.25, 0.3) is 11.3 Å². The van der Waals surface area contributed by atoms with Gasteiger partial charge in [0.05, 0.1) is 18.5 Å². The van der Waals surface area contributed by atoms with Crippen LogP contribution in [0.2, 0.25) is 5.28 Å².